The van der Waals surface area contributed by atoms with Gasteiger partial charge in [0.05, 0.1) is 6.04 Å². The van der Waals surface area contributed by atoms with Gasteiger partial charge >= 0.3 is 0 Å². The Morgan fingerprint density at radius 3 is 2.23 bits per heavy atom. The number of hydrogen-bond donors (Lipinski definition) is 3. The highest BCUT2D eigenvalue weighted by Gasteiger charge is 2.10. The summed E-state index contributed by atoms with van der Waals surface area (Å²) >= 11 is 0. The van der Waals surface area contributed by atoms with Crippen molar-refractivity contribution < 1.29 is 14.4 Å². The Morgan fingerprint density at radius 1 is 1.00 bits per heavy atom. The van der Waals surface area contributed by atoms with Crippen molar-refractivity contribution in [3.05, 3.63) is 0 Å². The fraction of sp³-hybridized carbons (Fsp3) is 0.812. The molecule has 6 nitrogen and oxygen atoms in total. The first-order chi connectivity index (χ1) is 10.4. The summed E-state index contributed by atoms with van der Waals surface area (Å²) in [5, 5.41) is 5.61. The molecular formula is C16H31N3O3. The van der Waals surface area contributed by atoms with Crippen molar-refractivity contribution in [1.29, 1.82) is 0 Å². The minimum absolute atomic E-state index is 0.00673. The molecule has 0 aliphatic carbocycles. The van der Waals surface area contributed by atoms with Crippen LogP contribution in [-0.2, 0) is 14.4 Å². The molecule has 1 unspecified atom stereocenters. The second-order valence-electron chi connectivity index (χ2n) is 5.82. The standard InChI is InChI=1S/C16H31N3O3/c1-4-14(20)13(17)8-5-6-10-18-15(21)9-7-11-19-16(22)12(2)3/h12-13H,4-11,17H2,1-3H3,(H,18,21)(H,19,22). The van der Waals surface area contributed by atoms with Crippen LogP contribution in [0.3, 0.4) is 0 Å². The van der Waals surface area contributed by atoms with E-state index in [0.717, 1.165) is 12.8 Å². The first kappa shape index (κ1) is 20.6. The molecule has 0 saturated heterocycles. The van der Waals surface area contributed by atoms with E-state index in [-0.39, 0.29) is 29.6 Å². The van der Waals surface area contributed by atoms with E-state index >= 15 is 0 Å². The van der Waals surface area contributed by atoms with E-state index in [1.165, 1.54) is 0 Å². The number of Topliss-reactive ketones (excluding diaryl/α,β-unsaturated/α-hetero) is 1. The van der Waals surface area contributed by atoms with E-state index in [2.05, 4.69) is 10.6 Å². The Bertz CT molecular complexity index is 357. The minimum atomic E-state index is -0.370. The van der Waals surface area contributed by atoms with Crippen molar-refractivity contribution in [1.82, 2.24) is 10.6 Å². The van der Waals surface area contributed by atoms with Gasteiger partial charge in [0.1, 0.15) is 5.78 Å². The number of nitrogens with one attached hydrogen (secondary N) is 2. The van der Waals surface area contributed by atoms with Crippen molar-refractivity contribution in [2.75, 3.05) is 13.1 Å². The summed E-state index contributed by atoms with van der Waals surface area (Å²) in [4.78, 5) is 34.2. The molecule has 0 rings (SSSR count). The number of amides is 2. The zero-order chi connectivity index (χ0) is 17.0. The van der Waals surface area contributed by atoms with Crippen LogP contribution in [-0.4, -0.2) is 36.7 Å². The molecule has 0 bridgehead atoms. The number of nitrogens with two attached hydrogens (primary N) is 1. The van der Waals surface area contributed by atoms with Gasteiger partial charge in [-0.1, -0.05) is 20.8 Å². The second-order valence-corrected chi connectivity index (χ2v) is 5.82. The Kier molecular flexibility index (Phi) is 11.4. The van der Waals surface area contributed by atoms with Crippen molar-refractivity contribution in [3.8, 4) is 0 Å². The third-order valence-electron chi connectivity index (χ3n) is 3.43. The minimum Gasteiger partial charge on any atom is -0.356 e. The average Bonchev–Trinajstić information content (AvgIpc) is 2.49. The molecule has 0 aromatic carbocycles. The fourth-order valence-corrected chi connectivity index (χ4v) is 1.89. The molecule has 6 heteroatoms. The maximum absolute atomic E-state index is 11.6. The lowest BCUT2D eigenvalue weighted by atomic mass is 10.0. The maximum atomic E-state index is 11.6. The SMILES string of the molecule is CCC(=O)C(N)CCCCNC(=O)CCCNC(=O)C(C)C. The Hall–Kier alpha value is -1.43. The van der Waals surface area contributed by atoms with Crippen LogP contribution in [0.15, 0.2) is 0 Å². The largest absolute Gasteiger partial charge is 0.356 e. The molecular weight excluding hydrogens is 282 g/mol. The molecule has 0 aliphatic rings. The molecule has 0 aliphatic heterocycles. The summed E-state index contributed by atoms with van der Waals surface area (Å²) in [7, 11) is 0. The lowest BCUT2D eigenvalue weighted by Gasteiger charge is -2.10. The highest BCUT2D eigenvalue weighted by molar-refractivity contribution is 5.83. The third-order valence-corrected chi connectivity index (χ3v) is 3.43. The van der Waals surface area contributed by atoms with Gasteiger partial charge in [-0.05, 0) is 25.7 Å². The summed E-state index contributed by atoms with van der Waals surface area (Å²) in [5.74, 6) is 0.0679. The smallest absolute Gasteiger partial charge is 0.222 e. The summed E-state index contributed by atoms with van der Waals surface area (Å²) in [6.07, 6.45) is 3.85. The number of carbonyl (C=O) groups excluding carboxylic acids is 3. The summed E-state index contributed by atoms with van der Waals surface area (Å²) in [6, 6.07) is -0.370. The zero-order valence-electron chi connectivity index (χ0n) is 14.1. The summed E-state index contributed by atoms with van der Waals surface area (Å²) in [5.41, 5.74) is 5.73. The number of rotatable bonds is 12. The molecule has 2 amide bonds. The molecule has 1 atom stereocenters. The predicted octanol–water partition coefficient (Wildman–Crippen LogP) is 1.13. The normalized spacial score (nSPS) is 12.0. The number of hydrogen-bond acceptors (Lipinski definition) is 4. The zero-order valence-corrected chi connectivity index (χ0v) is 14.1. The van der Waals surface area contributed by atoms with Crippen molar-refractivity contribution >= 4 is 17.6 Å². The molecule has 0 spiro atoms. The Balaban J connectivity index is 3.51. The van der Waals surface area contributed by atoms with Gasteiger partial charge in [0.2, 0.25) is 11.8 Å². The number of carbonyl (C=O) groups is 3. The Labute approximate surface area is 133 Å². The molecule has 0 aromatic rings. The summed E-state index contributed by atoms with van der Waals surface area (Å²) in [6.45, 7) is 6.61. The van der Waals surface area contributed by atoms with Gasteiger partial charge in [0.15, 0.2) is 0 Å². The Morgan fingerprint density at radius 2 is 1.64 bits per heavy atom. The lowest BCUT2D eigenvalue weighted by molar-refractivity contribution is -0.124. The van der Waals surface area contributed by atoms with Gasteiger partial charge in [0, 0.05) is 31.8 Å². The van der Waals surface area contributed by atoms with E-state index in [9.17, 15) is 14.4 Å². The average molecular weight is 313 g/mol. The third kappa shape index (κ3) is 10.3. The van der Waals surface area contributed by atoms with Gasteiger partial charge < -0.3 is 16.4 Å². The molecule has 128 valence electrons. The van der Waals surface area contributed by atoms with Gasteiger partial charge in [-0.25, -0.2) is 0 Å². The summed E-state index contributed by atoms with van der Waals surface area (Å²) < 4.78 is 0. The highest BCUT2D eigenvalue weighted by atomic mass is 16.2. The van der Waals surface area contributed by atoms with Crippen LogP contribution in [0.5, 0.6) is 0 Å². The molecule has 4 N–H and O–H groups in total. The van der Waals surface area contributed by atoms with E-state index in [0.29, 0.717) is 38.8 Å². The molecule has 22 heavy (non-hydrogen) atoms. The second kappa shape index (κ2) is 12.1. The van der Waals surface area contributed by atoms with Crippen LogP contribution < -0.4 is 16.4 Å². The monoisotopic (exact) mass is 313 g/mol. The van der Waals surface area contributed by atoms with Gasteiger partial charge in [0.25, 0.3) is 0 Å². The lowest BCUT2D eigenvalue weighted by Crippen LogP contribution is -2.31. The van der Waals surface area contributed by atoms with Crippen LogP contribution in [0.2, 0.25) is 0 Å². The van der Waals surface area contributed by atoms with Crippen molar-refractivity contribution in [2.24, 2.45) is 11.7 Å². The first-order valence-corrected chi connectivity index (χ1v) is 8.21. The van der Waals surface area contributed by atoms with E-state index in [1.54, 1.807) is 0 Å². The topological polar surface area (TPSA) is 101 Å². The van der Waals surface area contributed by atoms with Gasteiger partial charge in [-0.3, -0.25) is 14.4 Å². The maximum Gasteiger partial charge on any atom is 0.222 e. The quantitative estimate of drug-likeness (QED) is 0.470. The molecule has 0 fully saturated rings. The van der Waals surface area contributed by atoms with Crippen LogP contribution in [0.4, 0.5) is 0 Å². The van der Waals surface area contributed by atoms with Crippen LogP contribution in [0.25, 0.3) is 0 Å². The number of unbranched alkanes of at least 4 members (excludes halogenated alkanes) is 1. The van der Waals surface area contributed by atoms with Crippen LogP contribution in [0.1, 0.15) is 59.3 Å². The van der Waals surface area contributed by atoms with Crippen molar-refractivity contribution in [3.63, 3.8) is 0 Å². The molecule has 0 heterocycles. The molecule has 0 aromatic heterocycles. The van der Waals surface area contributed by atoms with Crippen LogP contribution in [0, 0.1) is 5.92 Å². The van der Waals surface area contributed by atoms with Gasteiger partial charge in [-0.2, -0.15) is 0 Å². The molecule has 0 radical (unpaired) electrons. The number of ketones is 1. The highest BCUT2D eigenvalue weighted by Crippen LogP contribution is 2.01. The van der Waals surface area contributed by atoms with E-state index in [4.69, 9.17) is 5.73 Å². The van der Waals surface area contributed by atoms with Crippen LogP contribution >= 0.6 is 0 Å². The predicted molar refractivity (Wildman–Crippen MR) is 87.2 cm³/mol. The van der Waals surface area contributed by atoms with Gasteiger partial charge in [-0.15, -0.1) is 0 Å². The first-order valence-electron chi connectivity index (χ1n) is 8.21. The van der Waals surface area contributed by atoms with E-state index in [1.807, 2.05) is 20.8 Å². The molecule has 0 saturated carbocycles. The fourth-order valence-electron chi connectivity index (χ4n) is 1.89. The van der Waals surface area contributed by atoms with Crippen molar-refractivity contribution in [2.45, 2.75) is 65.3 Å². The van der Waals surface area contributed by atoms with E-state index < -0.39 is 0 Å².